The van der Waals surface area contributed by atoms with Crippen molar-refractivity contribution in [3.8, 4) is 11.1 Å². The Hall–Kier alpha value is -3.61. The molecule has 1 aliphatic rings. The summed E-state index contributed by atoms with van der Waals surface area (Å²) in [6, 6.07) is 13.3. The molecule has 0 fully saturated rings. The van der Waals surface area contributed by atoms with Gasteiger partial charge in [-0.15, -0.1) is 0 Å². The van der Waals surface area contributed by atoms with E-state index in [4.69, 9.17) is 21.6 Å². The van der Waals surface area contributed by atoms with Crippen molar-refractivity contribution in [2.75, 3.05) is 0 Å². The maximum Gasteiger partial charge on any atom is 0.344 e. The Bertz CT molecular complexity index is 1170. The SMILES string of the molecule is NC(N)=NC(N)=Nc1ccc2cc(-c3ccc4c(c3)CCCC4)c(=O)oc2c1. The van der Waals surface area contributed by atoms with E-state index in [9.17, 15) is 4.79 Å². The molecule has 0 amide bonds. The van der Waals surface area contributed by atoms with Crippen LogP contribution in [0.2, 0.25) is 0 Å². The fourth-order valence-electron chi connectivity index (χ4n) is 3.56. The van der Waals surface area contributed by atoms with Gasteiger partial charge in [0.1, 0.15) is 5.58 Å². The summed E-state index contributed by atoms with van der Waals surface area (Å²) in [5.41, 5.74) is 20.9. The zero-order valence-electron chi connectivity index (χ0n) is 15.3. The predicted octanol–water partition coefficient (Wildman–Crippen LogP) is 2.56. The molecule has 0 aliphatic heterocycles. The standard InChI is InChI=1S/C21H21N5O2/c22-20(23)26-21(24)25-16-8-7-15-10-17(19(27)28-18(15)11-16)14-6-5-12-3-1-2-4-13(12)9-14/h5-11H,1-4H2,(H6,22,23,24,25,26). The van der Waals surface area contributed by atoms with Crippen LogP contribution in [0.3, 0.4) is 0 Å². The molecule has 0 saturated carbocycles. The van der Waals surface area contributed by atoms with Gasteiger partial charge in [-0.25, -0.2) is 9.79 Å². The normalized spacial score (nSPS) is 13.9. The van der Waals surface area contributed by atoms with E-state index in [1.165, 1.54) is 24.0 Å². The lowest BCUT2D eigenvalue weighted by molar-refractivity contribution is 0.563. The van der Waals surface area contributed by atoms with Crippen LogP contribution in [0.5, 0.6) is 0 Å². The van der Waals surface area contributed by atoms with Crippen molar-refractivity contribution in [1.29, 1.82) is 0 Å². The van der Waals surface area contributed by atoms with Crippen LogP contribution in [0, 0.1) is 0 Å². The van der Waals surface area contributed by atoms with Crippen molar-refractivity contribution in [2.45, 2.75) is 25.7 Å². The molecule has 142 valence electrons. The van der Waals surface area contributed by atoms with E-state index < -0.39 is 0 Å². The highest BCUT2D eigenvalue weighted by molar-refractivity contribution is 5.94. The first-order valence-corrected chi connectivity index (χ1v) is 9.13. The summed E-state index contributed by atoms with van der Waals surface area (Å²) in [4.78, 5) is 20.4. The predicted molar refractivity (Wildman–Crippen MR) is 112 cm³/mol. The summed E-state index contributed by atoms with van der Waals surface area (Å²) in [5.74, 6) is -0.254. The molecule has 1 aliphatic carbocycles. The van der Waals surface area contributed by atoms with Gasteiger partial charge in [0, 0.05) is 11.5 Å². The summed E-state index contributed by atoms with van der Waals surface area (Å²) in [6.07, 6.45) is 4.58. The number of nitrogens with two attached hydrogens (primary N) is 3. The molecule has 0 bridgehead atoms. The maximum atomic E-state index is 12.6. The minimum absolute atomic E-state index is 0.0765. The van der Waals surface area contributed by atoms with Gasteiger partial charge in [0.2, 0.25) is 5.96 Å². The highest BCUT2D eigenvalue weighted by atomic mass is 16.4. The minimum atomic E-state index is -0.387. The summed E-state index contributed by atoms with van der Waals surface area (Å²) in [5, 5.41) is 0.798. The number of benzene rings is 2. The third-order valence-electron chi connectivity index (χ3n) is 4.87. The highest BCUT2D eigenvalue weighted by Gasteiger charge is 2.13. The van der Waals surface area contributed by atoms with Crippen LogP contribution < -0.4 is 22.8 Å². The van der Waals surface area contributed by atoms with E-state index in [-0.39, 0.29) is 17.5 Å². The third kappa shape index (κ3) is 3.59. The Morgan fingerprint density at radius 3 is 2.50 bits per heavy atom. The molecule has 28 heavy (non-hydrogen) atoms. The first kappa shape index (κ1) is 17.8. The van der Waals surface area contributed by atoms with Gasteiger partial charge in [-0.05, 0) is 60.6 Å². The summed E-state index contributed by atoms with van der Waals surface area (Å²) in [6.45, 7) is 0. The van der Waals surface area contributed by atoms with Gasteiger partial charge >= 0.3 is 5.63 Å². The number of guanidine groups is 2. The van der Waals surface area contributed by atoms with E-state index in [0.717, 1.165) is 23.8 Å². The molecule has 0 atom stereocenters. The maximum absolute atomic E-state index is 12.6. The zero-order chi connectivity index (χ0) is 19.7. The lowest BCUT2D eigenvalue weighted by Gasteiger charge is -2.16. The monoisotopic (exact) mass is 375 g/mol. The van der Waals surface area contributed by atoms with E-state index in [2.05, 4.69) is 22.1 Å². The second-order valence-electron chi connectivity index (χ2n) is 6.87. The highest BCUT2D eigenvalue weighted by Crippen LogP contribution is 2.28. The Kier molecular flexibility index (Phi) is 4.57. The Morgan fingerprint density at radius 2 is 1.71 bits per heavy atom. The summed E-state index contributed by atoms with van der Waals surface area (Å²) >= 11 is 0. The van der Waals surface area contributed by atoms with Crippen molar-refractivity contribution < 1.29 is 4.42 Å². The van der Waals surface area contributed by atoms with Crippen LogP contribution >= 0.6 is 0 Å². The number of aliphatic imine (C=N–C) groups is 2. The van der Waals surface area contributed by atoms with Gasteiger partial charge in [0.05, 0.1) is 11.3 Å². The van der Waals surface area contributed by atoms with Gasteiger partial charge in [-0.3, -0.25) is 0 Å². The van der Waals surface area contributed by atoms with Gasteiger partial charge < -0.3 is 21.6 Å². The molecule has 6 N–H and O–H groups in total. The molecular weight excluding hydrogens is 354 g/mol. The van der Waals surface area contributed by atoms with Crippen molar-refractivity contribution in [3.05, 3.63) is 64.0 Å². The molecular formula is C21H21N5O2. The van der Waals surface area contributed by atoms with Crippen molar-refractivity contribution in [3.63, 3.8) is 0 Å². The number of nitrogens with zero attached hydrogens (tertiary/aromatic N) is 2. The number of fused-ring (bicyclic) bond motifs is 2. The molecule has 3 aromatic rings. The van der Waals surface area contributed by atoms with Crippen LogP contribution in [-0.4, -0.2) is 11.9 Å². The van der Waals surface area contributed by atoms with Gasteiger partial charge in [-0.1, -0.05) is 18.2 Å². The Balaban J connectivity index is 1.74. The Morgan fingerprint density at radius 1 is 0.929 bits per heavy atom. The lowest BCUT2D eigenvalue weighted by atomic mass is 9.89. The topological polar surface area (TPSA) is 133 Å². The number of hydrogen-bond acceptors (Lipinski definition) is 3. The van der Waals surface area contributed by atoms with Gasteiger partial charge in [0.25, 0.3) is 0 Å². The molecule has 7 nitrogen and oxygen atoms in total. The van der Waals surface area contributed by atoms with Crippen LogP contribution in [-0.2, 0) is 12.8 Å². The third-order valence-corrected chi connectivity index (χ3v) is 4.87. The van der Waals surface area contributed by atoms with E-state index in [1.54, 1.807) is 12.1 Å². The fraction of sp³-hybridized carbons (Fsp3) is 0.190. The second-order valence-corrected chi connectivity index (χ2v) is 6.87. The first-order valence-electron chi connectivity index (χ1n) is 9.13. The zero-order valence-corrected chi connectivity index (χ0v) is 15.3. The van der Waals surface area contributed by atoms with Gasteiger partial charge in [0.15, 0.2) is 5.96 Å². The fourth-order valence-corrected chi connectivity index (χ4v) is 3.56. The largest absolute Gasteiger partial charge is 0.422 e. The average Bonchev–Trinajstić information content (AvgIpc) is 2.66. The minimum Gasteiger partial charge on any atom is -0.422 e. The van der Waals surface area contributed by atoms with Crippen LogP contribution in [0.1, 0.15) is 24.0 Å². The number of aryl methyl sites for hydroxylation is 2. The number of rotatable bonds is 2. The Labute approximate surface area is 161 Å². The second kappa shape index (κ2) is 7.19. The quantitative estimate of drug-likeness (QED) is 0.360. The van der Waals surface area contributed by atoms with Crippen LogP contribution in [0.15, 0.2) is 61.7 Å². The van der Waals surface area contributed by atoms with Crippen molar-refractivity contribution >= 4 is 28.6 Å². The molecule has 0 radical (unpaired) electrons. The molecule has 0 saturated heterocycles. The molecule has 2 aromatic carbocycles. The molecule has 4 rings (SSSR count). The van der Waals surface area contributed by atoms with E-state index in [1.807, 2.05) is 18.2 Å². The molecule has 0 unspecified atom stereocenters. The molecule has 0 spiro atoms. The number of hydrogen-bond donors (Lipinski definition) is 3. The van der Waals surface area contributed by atoms with E-state index in [0.29, 0.717) is 16.8 Å². The van der Waals surface area contributed by atoms with E-state index >= 15 is 0 Å². The summed E-state index contributed by atoms with van der Waals surface area (Å²) in [7, 11) is 0. The van der Waals surface area contributed by atoms with Crippen LogP contribution in [0.25, 0.3) is 22.1 Å². The molecule has 1 aromatic heterocycles. The molecule has 7 heteroatoms. The van der Waals surface area contributed by atoms with Gasteiger partial charge in [-0.2, -0.15) is 4.99 Å². The van der Waals surface area contributed by atoms with Crippen molar-refractivity contribution in [2.24, 2.45) is 27.2 Å². The smallest absolute Gasteiger partial charge is 0.344 e. The average molecular weight is 375 g/mol. The molecule has 1 heterocycles. The van der Waals surface area contributed by atoms with Crippen molar-refractivity contribution in [1.82, 2.24) is 0 Å². The lowest BCUT2D eigenvalue weighted by Crippen LogP contribution is -2.26. The summed E-state index contributed by atoms with van der Waals surface area (Å²) < 4.78 is 5.54. The first-order chi connectivity index (χ1) is 13.5. The van der Waals surface area contributed by atoms with Crippen LogP contribution in [0.4, 0.5) is 5.69 Å².